The van der Waals surface area contributed by atoms with E-state index in [1.165, 1.54) is 0 Å². The molecule has 2 aliphatic heterocycles. The highest BCUT2D eigenvalue weighted by atomic mass is 16.7. The number of nitrogens with zero attached hydrogens (tertiary/aromatic N) is 2. The van der Waals surface area contributed by atoms with Crippen LogP contribution in [-0.2, 0) is 4.74 Å². The van der Waals surface area contributed by atoms with Gasteiger partial charge in [0, 0.05) is 44.2 Å². The molecule has 5 nitrogen and oxygen atoms in total. The molecule has 0 bridgehead atoms. The maximum absolute atomic E-state index is 12.0. The highest BCUT2D eigenvalue weighted by molar-refractivity contribution is 6.00. The summed E-state index contributed by atoms with van der Waals surface area (Å²) in [4.78, 5) is 16.6. The minimum absolute atomic E-state index is 0.0967. The highest BCUT2D eigenvalue weighted by Crippen LogP contribution is 2.29. The summed E-state index contributed by atoms with van der Waals surface area (Å²) in [6, 6.07) is 5.77. The van der Waals surface area contributed by atoms with Gasteiger partial charge in [0.1, 0.15) is 5.75 Å². The molecular weight excluding hydrogens is 292 g/mol. The van der Waals surface area contributed by atoms with E-state index in [1.807, 2.05) is 18.2 Å². The second kappa shape index (κ2) is 7.32. The van der Waals surface area contributed by atoms with Gasteiger partial charge in [-0.05, 0) is 38.9 Å². The van der Waals surface area contributed by atoms with E-state index in [4.69, 9.17) is 9.47 Å². The first kappa shape index (κ1) is 16.3. The minimum Gasteiger partial charge on any atom is -0.465 e. The number of Topliss-reactive ketones (excluding diaryl/α,β-unsaturated/α-hetero) is 1. The molecule has 1 atom stereocenters. The van der Waals surface area contributed by atoms with Gasteiger partial charge in [0.05, 0.1) is 12.3 Å². The number of hydrogen-bond acceptors (Lipinski definition) is 5. The summed E-state index contributed by atoms with van der Waals surface area (Å²) in [5.74, 6) is 0.884. The number of ketones is 1. The van der Waals surface area contributed by atoms with Gasteiger partial charge in [0.2, 0.25) is 0 Å². The number of carbonyl (C=O) groups excluding carboxylic acids is 1. The average Bonchev–Trinajstić information content (AvgIpc) is 2.56. The molecule has 0 aliphatic carbocycles. The van der Waals surface area contributed by atoms with Crippen LogP contribution in [0.2, 0.25) is 0 Å². The Morgan fingerprint density at radius 2 is 2.00 bits per heavy atom. The summed E-state index contributed by atoms with van der Waals surface area (Å²) < 4.78 is 11.6. The number of ether oxygens (including phenoxy) is 2. The second-order valence-electron chi connectivity index (χ2n) is 6.44. The predicted octanol–water partition coefficient (Wildman–Crippen LogP) is 2.55. The van der Waals surface area contributed by atoms with Crippen molar-refractivity contribution in [3.05, 3.63) is 23.8 Å². The van der Waals surface area contributed by atoms with Gasteiger partial charge in [-0.2, -0.15) is 0 Å². The lowest BCUT2D eigenvalue weighted by Crippen LogP contribution is -2.45. The van der Waals surface area contributed by atoms with Gasteiger partial charge in [0.15, 0.2) is 12.1 Å². The van der Waals surface area contributed by atoms with E-state index in [1.54, 1.807) is 6.92 Å². The smallest absolute Gasteiger partial charge is 0.199 e. The van der Waals surface area contributed by atoms with E-state index in [9.17, 15) is 4.79 Å². The van der Waals surface area contributed by atoms with Crippen LogP contribution >= 0.6 is 0 Å². The molecule has 0 saturated carbocycles. The molecular formula is C18H26N2O3. The van der Waals surface area contributed by atoms with Crippen LogP contribution in [0.25, 0.3) is 0 Å². The van der Waals surface area contributed by atoms with Crippen LogP contribution in [0.4, 0.5) is 5.69 Å². The zero-order valence-corrected chi connectivity index (χ0v) is 14.1. The van der Waals surface area contributed by atoms with Crippen molar-refractivity contribution in [1.29, 1.82) is 0 Å². The normalized spacial score (nSPS) is 22.9. The Morgan fingerprint density at radius 1 is 1.22 bits per heavy atom. The number of likely N-dealkylation sites (N-methyl/N-ethyl adjacent to an activating group) is 1. The summed E-state index contributed by atoms with van der Waals surface area (Å²) in [5.41, 5.74) is 1.75. The van der Waals surface area contributed by atoms with E-state index in [-0.39, 0.29) is 12.1 Å². The Morgan fingerprint density at radius 3 is 2.65 bits per heavy atom. The van der Waals surface area contributed by atoms with Crippen LogP contribution in [0.15, 0.2) is 18.2 Å². The van der Waals surface area contributed by atoms with E-state index in [0.717, 1.165) is 69.0 Å². The molecule has 2 heterocycles. The number of carbonyl (C=O) groups is 1. The third-order valence-corrected chi connectivity index (χ3v) is 4.60. The summed E-state index contributed by atoms with van der Waals surface area (Å²) in [6.45, 7) is 6.27. The molecule has 5 heteroatoms. The van der Waals surface area contributed by atoms with Gasteiger partial charge in [-0.3, -0.25) is 4.79 Å². The topological polar surface area (TPSA) is 42.0 Å². The van der Waals surface area contributed by atoms with Crippen LogP contribution in [0.3, 0.4) is 0 Å². The Labute approximate surface area is 138 Å². The molecule has 126 valence electrons. The molecule has 0 aromatic heterocycles. The van der Waals surface area contributed by atoms with Crippen LogP contribution in [0, 0.1) is 0 Å². The number of rotatable bonds is 4. The van der Waals surface area contributed by atoms with Gasteiger partial charge in [0.25, 0.3) is 0 Å². The minimum atomic E-state index is -0.160. The molecule has 0 amide bonds. The Hall–Kier alpha value is -1.59. The first-order valence-corrected chi connectivity index (χ1v) is 8.50. The molecule has 1 aromatic carbocycles. The van der Waals surface area contributed by atoms with Crippen molar-refractivity contribution in [2.24, 2.45) is 0 Å². The van der Waals surface area contributed by atoms with Crippen molar-refractivity contribution < 1.29 is 14.3 Å². The lowest BCUT2D eigenvalue weighted by molar-refractivity contribution is -0.105. The second-order valence-corrected chi connectivity index (χ2v) is 6.44. The van der Waals surface area contributed by atoms with Crippen molar-refractivity contribution in [2.75, 3.05) is 44.7 Å². The molecule has 0 radical (unpaired) electrons. The third kappa shape index (κ3) is 4.03. The zero-order chi connectivity index (χ0) is 16.2. The summed E-state index contributed by atoms with van der Waals surface area (Å²) in [5, 5.41) is 0. The van der Waals surface area contributed by atoms with E-state index in [0.29, 0.717) is 0 Å². The first-order valence-electron chi connectivity index (χ1n) is 8.50. The Balaban J connectivity index is 1.79. The largest absolute Gasteiger partial charge is 0.465 e. The lowest BCUT2D eigenvalue weighted by atomic mass is 10.1. The highest BCUT2D eigenvalue weighted by Gasteiger charge is 2.21. The molecule has 3 rings (SSSR count). The van der Waals surface area contributed by atoms with E-state index in [2.05, 4.69) is 16.8 Å². The third-order valence-electron chi connectivity index (χ3n) is 4.60. The standard InChI is InChI=1S/C18H26N2O3/c1-14(21)16-7-6-15(23-18-5-3-4-12-22-18)13-17(16)20-10-8-19(2)9-11-20/h6-7,13,18H,3-5,8-12H2,1-2H3/t18-/m1/s1. The monoisotopic (exact) mass is 318 g/mol. The van der Waals surface area contributed by atoms with E-state index < -0.39 is 0 Å². The maximum Gasteiger partial charge on any atom is 0.199 e. The number of piperazine rings is 1. The van der Waals surface area contributed by atoms with E-state index >= 15 is 0 Å². The Kier molecular flexibility index (Phi) is 5.18. The number of benzene rings is 1. The molecule has 23 heavy (non-hydrogen) atoms. The molecule has 2 aliphatic rings. The van der Waals surface area contributed by atoms with Crippen molar-refractivity contribution in [3.8, 4) is 5.75 Å². The van der Waals surface area contributed by atoms with Gasteiger partial charge in [-0.15, -0.1) is 0 Å². The molecule has 0 unspecified atom stereocenters. The average molecular weight is 318 g/mol. The maximum atomic E-state index is 12.0. The van der Waals surface area contributed by atoms with Gasteiger partial charge in [-0.25, -0.2) is 0 Å². The van der Waals surface area contributed by atoms with Gasteiger partial charge in [-0.1, -0.05) is 0 Å². The molecule has 0 spiro atoms. The molecule has 1 aromatic rings. The lowest BCUT2D eigenvalue weighted by Gasteiger charge is -2.35. The molecule has 2 fully saturated rings. The van der Waals surface area contributed by atoms with Crippen LogP contribution in [0.1, 0.15) is 36.5 Å². The van der Waals surface area contributed by atoms with Gasteiger partial charge < -0.3 is 19.3 Å². The SMILES string of the molecule is CC(=O)c1ccc(O[C@@H]2CCCCO2)cc1N1CCN(C)CC1. The van der Waals surface area contributed by atoms with Crippen molar-refractivity contribution in [1.82, 2.24) is 4.90 Å². The quantitative estimate of drug-likeness (QED) is 0.798. The fraction of sp³-hybridized carbons (Fsp3) is 0.611. The fourth-order valence-corrected chi connectivity index (χ4v) is 3.15. The van der Waals surface area contributed by atoms with Crippen molar-refractivity contribution in [2.45, 2.75) is 32.5 Å². The number of hydrogen-bond donors (Lipinski definition) is 0. The predicted molar refractivity (Wildman–Crippen MR) is 90.4 cm³/mol. The van der Waals surface area contributed by atoms with Crippen molar-refractivity contribution in [3.63, 3.8) is 0 Å². The fourth-order valence-electron chi connectivity index (χ4n) is 3.15. The summed E-state index contributed by atoms with van der Waals surface area (Å²) >= 11 is 0. The van der Waals surface area contributed by atoms with Crippen LogP contribution < -0.4 is 9.64 Å². The Bertz CT molecular complexity index is 547. The van der Waals surface area contributed by atoms with Crippen LogP contribution in [0.5, 0.6) is 5.75 Å². The first-order chi connectivity index (χ1) is 11.1. The van der Waals surface area contributed by atoms with Crippen molar-refractivity contribution >= 4 is 11.5 Å². The molecule has 0 N–H and O–H groups in total. The van der Waals surface area contributed by atoms with Gasteiger partial charge >= 0.3 is 0 Å². The zero-order valence-electron chi connectivity index (χ0n) is 14.1. The summed E-state index contributed by atoms with van der Waals surface area (Å²) in [7, 11) is 2.13. The molecule has 2 saturated heterocycles. The number of anilines is 1. The van der Waals surface area contributed by atoms with Crippen LogP contribution in [-0.4, -0.2) is 56.8 Å². The summed E-state index contributed by atoms with van der Waals surface area (Å²) in [6.07, 6.45) is 3.02.